The largest absolute Gasteiger partial charge is 0.193 e. The Morgan fingerprint density at radius 2 is 1.47 bits per heavy atom. The monoisotopic (exact) mass is 203 g/mol. The molecule has 0 saturated heterocycles. The van der Waals surface area contributed by atoms with E-state index in [1.54, 1.807) is 6.08 Å². The number of hydrogen-bond donors (Lipinski definition) is 0. The van der Waals surface area contributed by atoms with E-state index in [1.165, 1.54) is 25.7 Å². The van der Waals surface area contributed by atoms with E-state index in [-0.39, 0.29) is 0 Å². The van der Waals surface area contributed by atoms with Crippen molar-refractivity contribution < 1.29 is 0 Å². The highest BCUT2D eigenvalue weighted by Gasteiger charge is 1.83. The molecule has 0 radical (unpaired) electrons. The molecule has 0 bridgehead atoms. The van der Waals surface area contributed by atoms with Gasteiger partial charge in [0.1, 0.15) is 0 Å². The van der Waals surface area contributed by atoms with E-state index in [0.717, 1.165) is 12.8 Å². The number of rotatable bonds is 8. The van der Waals surface area contributed by atoms with Gasteiger partial charge in [-0.3, -0.25) is 0 Å². The van der Waals surface area contributed by atoms with Crippen LogP contribution in [0.2, 0.25) is 0 Å². The molecule has 0 unspecified atom stereocenters. The minimum Gasteiger partial charge on any atom is -0.193 e. The van der Waals surface area contributed by atoms with Crippen molar-refractivity contribution in [2.75, 3.05) is 0 Å². The summed E-state index contributed by atoms with van der Waals surface area (Å²) in [7, 11) is 0. The van der Waals surface area contributed by atoms with Crippen LogP contribution in [0, 0.1) is 11.3 Å². The van der Waals surface area contributed by atoms with Crippen molar-refractivity contribution in [1.29, 1.82) is 5.26 Å². The van der Waals surface area contributed by atoms with Crippen molar-refractivity contribution in [3.63, 3.8) is 0 Å². The second-order valence-electron chi connectivity index (χ2n) is 3.43. The van der Waals surface area contributed by atoms with Gasteiger partial charge in [0.2, 0.25) is 0 Å². The van der Waals surface area contributed by atoms with Crippen LogP contribution in [0.4, 0.5) is 0 Å². The topological polar surface area (TPSA) is 23.8 Å². The second kappa shape index (κ2) is 12.7. The van der Waals surface area contributed by atoms with Crippen LogP contribution in [0.3, 0.4) is 0 Å². The highest BCUT2D eigenvalue weighted by atomic mass is 14.2. The summed E-state index contributed by atoms with van der Waals surface area (Å²) in [4.78, 5) is 0. The first-order valence-electron chi connectivity index (χ1n) is 5.72. The Morgan fingerprint density at radius 3 is 2.13 bits per heavy atom. The summed E-state index contributed by atoms with van der Waals surface area (Å²) in [5.41, 5.74) is 0. The second-order valence-corrected chi connectivity index (χ2v) is 3.43. The van der Waals surface area contributed by atoms with Gasteiger partial charge in [-0.15, -0.1) is 0 Å². The Balaban J connectivity index is 3.18. The third kappa shape index (κ3) is 12.7. The number of hydrogen-bond acceptors (Lipinski definition) is 1. The summed E-state index contributed by atoms with van der Waals surface area (Å²) in [6.07, 6.45) is 19.2. The molecule has 0 aromatic rings. The lowest BCUT2D eigenvalue weighted by atomic mass is 10.1. The molecule has 0 N–H and O–H groups in total. The summed E-state index contributed by atoms with van der Waals surface area (Å²) in [6, 6.07) is 1.99. The van der Waals surface area contributed by atoms with Crippen LogP contribution in [0.1, 0.15) is 45.4 Å². The van der Waals surface area contributed by atoms with Gasteiger partial charge in [0.05, 0.1) is 6.07 Å². The summed E-state index contributed by atoms with van der Waals surface area (Å²) in [5.74, 6) is 0. The fourth-order valence-electron chi connectivity index (χ4n) is 1.26. The molecule has 0 heterocycles. The Bertz CT molecular complexity index is 241. The van der Waals surface area contributed by atoms with E-state index in [0.29, 0.717) is 0 Å². The van der Waals surface area contributed by atoms with Crippen molar-refractivity contribution in [3.8, 4) is 6.07 Å². The van der Waals surface area contributed by atoms with E-state index < -0.39 is 0 Å². The Labute approximate surface area is 93.8 Å². The summed E-state index contributed by atoms with van der Waals surface area (Å²) >= 11 is 0. The predicted octanol–water partition coefficient (Wildman–Crippen LogP) is 4.54. The van der Waals surface area contributed by atoms with Gasteiger partial charge in [-0.25, -0.2) is 0 Å². The summed E-state index contributed by atoms with van der Waals surface area (Å²) in [6.45, 7) is 2.06. The lowest BCUT2D eigenvalue weighted by molar-refractivity contribution is 0.760. The smallest absolute Gasteiger partial charge is 0.0908 e. The average Bonchev–Trinajstić information content (AvgIpc) is 2.26. The van der Waals surface area contributed by atoms with Gasteiger partial charge >= 0.3 is 0 Å². The molecule has 0 aliphatic heterocycles. The van der Waals surface area contributed by atoms with E-state index in [1.807, 2.05) is 12.1 Å². The van der Waals surface area contributed by atoms with Gasteiger partial charge in [0, 0.05) is 6.08 Å². The normalized spacial score (nSPS) is 11.7. The van der Waals surface area contributed by atoms with Crippen LogP contribution in [0.15, 0.2) is 36.5 Å². The molecule has 0 rings (SSSR count). The summed E-state index contributed by atoms with van der Waals surface area (Å²) < 4.78 is 0. The zero-order chi connectivity index (χ0) is 11.2. The molecule has 15 heavy (non-hydrogen) atoms. The van der Waals surface area contributed by atoms with Crippen molar-refractivity contribution in [2.24, 2.45) is 0 Å². The van der Waals surface area contributed by atoms with Gasteiger partial charge in [0.25, 0.3) is 0 Å². The van der Waals surface area contributed by atoms with Gasteiger partial charge in [-0.1, -0.05) is 30.4 Å². The van der Waals surface area contributed by atoms with Crippen LogP contribution >= 0.6 is 0 Å². The van der Waals surface area contributed by atoms with Crippen LogP contribution in [0.25, 0.3) is 0 Å². The minimum atomic E-state index is 0.975. The molecule has 0 aliphatic carbocycles. The average molecular weight is 203 g/mol. The molecule has 0 amide bonds. The lowest BCUT2D eigenvalue weighted by Crippen LogP contribution is -1.72. The maximum Gasteiger partial charge on any atom is 0.0908 e. The number of unbranched alkanes of at least 4 members (excludes halogenated alkanes) is 4. The Kier molecular flexibility index (Phi) is 11.6. The Hall–Kier alpha value is -1.29. The molecular formula is C14H21N. The van der Waals surface area contributed by atoms with Gasteiger partial charge in [-0.05, 0) is 45.4 Å². The standard InChI is InChI=1S/C14H21N/c1-2-3-4-5-6-7-8-9-10-11-12-13-14-15/h2-3,8-9,12-13H,4-7,10-11H2,1H3/b3-2+,9-8+,13-12+. The zero-order valence-corrected chi connectivity index (χ0v) is 9.65. The first kappa shape index (κ1) is 13.7. The molecule has 0 atom stereocenters. The van der Waals surface area contributed by atoms with Crippen LogP contribution < -0.4 is 0 Å². The molecule has 0 spiro atoms. The number of nitrogens with zero attached hydrogens (tertiary/aromatic N) is 1. The SMILES string of the molecule is C/C=C/CCCC/C=C/CC/C=C/C#N. The highest BCUT2D eigenvalue weighted by Crippen LogP contribution is 2.02. The van der Waals surface area contributed by atoms with Gasteiger partial charge in [-0.2, -0.15) is 5.26 Å². The fraction of sp³-hybridized carbons (Fsp3) is 0.500. The van der Waals surface area contributed by atoms with Gasteiger partial charge in [0.15, 0.2) is 0 Å². The highest BCUT2D eigenvalue weighted by molar-refractivity contribution is 5.02. The molecule has 0 saturated carbocycles. The third-order valence-electron chi connectivity index (χ3n) is 2.09. The zero-order valence-electron chi connectivity index (χ0n) is 9.65. The quantitative estimate of drug-likeness (QED) is 0.323. The molecule has 1 heteroatoms. The first-order chi connectivity index (χ1) is 7.41. The lowest BCUT2D eigenvalue weighted by Gasteiger charge is -1.92. The molecule has 0 aromatic carbocycles. The van der Waals surface area contributed by atoms with E-state index in [2.05, 4.69) is 31.2 Å². The maximum absolute atomic E-state index is 8.25. The molecule has 0 fully saturated rings. The van der Waals surface area contributed by atoms with E-state index >= 15 is 0 Å². The van der Waals surface area contributed by atoms with Crippen molar-refractivity contribution >= 4 is 0 Å². The number of nitriles is 1. The molecule has 0 aliphatic rings. The van der Waals surface area contributed by atoms with Gasteiger partial charge < -0.3 is 0 Å². The first-order valence-corrected chi connectivity index (χ1v) is 5.72. The predicted molar refractivity (Wildman–Crippen MR) is 66.4 cm³/mol. The van der Waals surface area contributed by atoms with Crippen LogP contribution in [-0.2, 0) is 0 Å². The number of allylic oxidation sites excluding steroid dienone is 6. The van der Waals surface area contributed by atoms with Crippen molar-refractivity contribution in [3.05, 3.63) is 36.5 Å². The maximum atomic E-state index is 8.25. The third-order valence-corrected chi connectivity index (χ3v) is 2.09. The van der Waals surface area contributed by atoms with Crippen LogP contribution in [0.5, 0.6) is 0 Å². The molecule has 1 nitrogen and oxygen atoms in total. The van der Waals surface area contributed by atoms with E-state index in [9.17, 15) is 0 Å². The Morgan fingerprint density at radius 1 is 0.867 bits per heavy atom. The van der Waals surface area contributed by atoms with E-state index in [4.69, 9.17) is 5.26 Å². The minimum absolute atomic E-state index is 0.975. The summed E-state index contributed by atoms with van der Waals surface area (Å²) in [5, 5.41) is 8.25. The van der Waals surface area contributed by atoms with Crippen LogP contribution in [-0.4, -0.2) is 0 Å². The van der Waals surface area contributed by atoms with Crippen molar-refractivity contribution in [2.45, 2.75) is 45.4 Å². The molecular weight excluding hydrogens is 182 g/mol. The molecule has 0 aromatic heterocycles. The molecule has 82 valence electrons. The fourth-order valence-corrected chi connectivity index (χ4v) is 1.26. The van der Waals surface area contributed by atoms with Crippen molar-refractivity contribution in [1.82, 2.24) is 0 Å².